The standard InChI is InChI=1S/C28H46N4O8.C28H28N2O8.C3H8I2P/c1-21(2)26(29)27(35)31-13-7-15-39-17-19-40-18-16-38-14-6-12-30-24(33)10-11-25(34)32-23(28(36)37)20-22-8-4-3-5-9-22;1-17(22-14-25(36-2)26(15-24(22)30(34)35)37-13-7-12-27(31)32)29-28(33)38-16-23-20-10-5-3-8-18(20)19-9-4-6-11-21(19)23;1-3-6(4)5-2/h3-5,8-9,21,23,26H,6-7,10-20,29H2,1-2H3,(H,30,33)(H,31,35)(H,32,34)(H,36,37);3-6,8-11,14-15,17,23H,7,12-13,16H2,1-2H3,(H,29,33)(H,31,32);3H2,1-2H3/q;;-1. The number of nitro groups is 1. The van der Waals surface area contributed by atoms with Gasteiger partial charge in [0.1, 0.15) is 12.6 Å². The van der Waals surface area contributed by atoms with Gasteiger partial charge in [-0.3, -0.25) is 29.3 Å². The summed E-state index contributed by atoms with van der Waals surface area (Å²) in [5, 5.41) is 40.6. The zero-order valence-electron chi connectivity index (χ0n) is 48.6. The van der Waals surface area contributed by atoms with Gasteiger partial charge in [0.2, 0.25) is 17.7 Å². The van der Waals surface area contributed by atoms with Crippen molar-refractivity contribution in [2.45, 2.75) is 96.7 Å². The molecule has 25 heteroatoms. The molecule has 4 aromatic carbocycles. The third-order valence-electron chi connectivity index (χ3n) is 12.7. The second-order valence-corrected chi connectivity index (χ2v) is 36.2. The van der Waals surface area contributed by atoms with Crippen molar-refractivity contribution in [1.29, 1.82) is 0 Å². The number of ether oxygens (including phenoxy) is 6. The molecule has 0 saturated heterocycles. The largest absolute Gasteiger partial charge is 0.493 e. The van der Waals surface area contributed by atoms with E-state index in [4.69, 9.17) is 39.3 Å². The van der Waals surface area contributed by atoms with Gasteiger partial charge in [-0.25, -0.2) is 9.59 Å². The number of nitrogens with two attached hydrogens (primary N) is 1. The number of carbonyl (C=O) groups is 6. The van der Waals surface area contributed by atoms with E-state index in [1.807, 2.05) is 68.4 Å². The Bertz CT molecular complexity index is 2630. The van der Waals surface area contributed by atoms with Crippen molar-refractivity contribution < 1.29 is 93.0 Å². The molecule has 4 unspecified atom stereocenters. The molecule has 0 fully saturated rings. The Kier molecular flexibility index (Phi) is 35.6. The fourth-order valence-electron chi connectivity index (χ4n) is 8.14. The van der Waals surface area contributed by atoms with E-state index >= 15 is 0 Å². The predicted molar refractivity (Wildman–Crippen MR) is 326 cm³/mol. The van der Waals surface area contributed by atoms with Crippen molar-refractivity contribution in [2.24, 2.45) is 11.7 Å². The molecule has 4 atom stereocenters. The second kappa shape index (κ2) is 41.3. The van der Waals surface area contributed by atoms with E-state index in [-0.39, 0.29) is 91.7 Å². The number of fused-ring (bicyclic) bond motifs is 3. The average Bonchev–Trinajstić information content (AvgIpc) is 2.15. The van der Waals surface area contributed by atoms with Gasteiger partial charge in [0, 0.05) is 57.9 Å². The Labute approximate surface area is 516 Å². The van der Waals surface area contributed by atoms with Crippen molar-refractivity contribution in [3.8, 4) is 22.6 Å². The number of hydrogen-bond donors (Lipinski definition) is 7. The molecule has 0 radical (unpaired) electrons. The van der Waals surface area contributed by atoms with Gasteiger partial charge in [0.25, 0.3) is 5.69 Å². The number of rotatable bonds is 36. The number of amides is 4. The molecule has 0 heterocycles. The summed E-state index contributed by atoms with van der Waals surface area (Å²) in [5.41, 5.74) is 10.9. The summed E-state index contributed by atoms with van der Waals surface area (Å²) in [6, 6.07) is 25.3. The Morgan fingerprint density at radius 1 is 0.738 bits per heavy atom. The molecule has 4 aromatic rings. The maximum absolute atomic E-state index is 12.7. The van der Waals surface area contributed by atoms with E-state index in [0.717, 1.165) is 27.8 Å². The number of carboxylic acids is 2. The number of nitrogens with one attached hydrogen (secondary N) is 4. The molecule has 8 N–H and O–H groups in total. The third kappa shape index (κ3) is 27.5. The Morgan fingerprint density at radius 3 is 1.82 bits per heavy atom. The van der Waals surface area contributed by atoms with E-state index in [1.54, 1.807) is 31.2 Å². The summed E-state index contributed by atoms with van der Waals surface area (Å²) in [6.45, 7) is 11.5. The van der Waals surface area contributed by atoms with E-state index in [9.17, 15) is 44.0 Å². The molecule has 84 heavy (non-hydrogen) atoms. The first-order valence-electron chi connectivity index (χ1n) is 27.7. The summed E-state index contributed by atoms with van der Waals surface area (Å²) in [7, 11) is 1.39. The number of aliphatic carboxylic acids is 2. The summed E-state index contributed by atoms with van der Waals surface area (Å²) < 4.78 is 33.3. The second-order valence-electron chi connectivity index (χ2n) is 19.2. The van der Waals surface area contributed by atoms with Gasteiger partial charge in [0.05, 0.1) is 68.8 Å². The van der Waals surface area contributed by atoms with Crippen molar-refractivity contribution in [2.75, 3.05) is 84.1 Å². The molecule has 464 valence electrons. The Hall–Kier alpha value is -5.77. The summed E-state index contributed by atoms with van der Waals surface area (Å²) in [4.78, 5) is 84.3. The summed E-state index contributed by atoms with van der Waals surface area (Å²) in [6.07, 6.45) is 2.22. The van der Waals surface area contributed by atoms with E-state index < -0.39 is 47.0 Å². The van der Waals surface area contributed by atoms with Gasteiger partial charge in [-0.15, -0.1) is 0 Å². The number of methoxy groups -OCH3 is 1. The van der Waals surface area contributed by atoms with Crippen LogP contribution >= 0.6 is 25.2 Å². The first-order chi connectivity index (χ1) is 40.3. The predicted octanol–water partition coefficient (Wildman–Crippen LogP) is 5.54. The quantitative estimate of drug-likeness (QED) is 0.00734. The van der Waals surface area contributed by atoms with Gasteiger partial charge >= 0.3 is 82.0 Å². The normalized spacial score (nSPS) is 12.8. The maximum Gasteiger partial charge on any atom is 0.407 e. The van der Waals surface area contributed by atoms with E-state index in [2.05, 4.69) is 55.2 Å². The number of benzene rings is 4. The van der Waals surface area contributed by atoms with Crippen LogP contribution in [0, 0.1) is 16.0 Å². The minimum Gasteiger partial charge on any atom is -0.493 e. The zero-order valence-corrected chi connectivity index (χ0v) is 53.8. The number of carbonyl (C=O) groups excluding carboxylic acids is 4. The van der Waals surface area contributed by atoms with Crippen LogP contribution in [0.3, 0.4) is 0 Å². The van der Waals surface area contributed by atoms with Crippen molar-refractivity contribution in [3.63, 3.8) is 0 Å². The van der Waals surface area contributed by atoms with Crippen LogP contribution in [0.4, 0.5) is 10.5 Å². The van der Waals surface area contributed by atoms with Crippen LogP contribution in [0.5, 0.6) is 11.5 Å². The molecular weight excluding hydrogens is 1330 g/mol. The summed E-state index contributed by atoms with van der Waals surface area (Å²) in [5.74, 6) is -2.68. The van der Waals surface area contributed by atoms with Crippen LogP contribution < -0.4 is 57.1 Å². The van der Waals surface area contributed by atoms with Gasteiger partial charge in [-0.1, -0.05) is 92.7 Å². The van der Waals surface area contributed by atoms with Crippen LogP contribution in [0.1, 0.15) is 100 Å². The van der Waals surface area contributed by atoms with Crippen LogP contribution in [-0.4, -0.2) is 147 Å². The average molecular weight is 1420 g/mol. The number of alkyl halides is 1. The number of halogens is 2. The molecule has 5 rings (SSSR count). The topological polar surface area (TPSA) is 316 Å². The SMILES string of the molecule is CC(C)C(N)C(=O)NCCCOCCOCCOCCCNC(=O)CCC(=O)NC(Cc1ccccc1)C(=O)O.CCP(I)[I-]C.COc1cc(C(C)NC(=O)OCC2c3ccccc3-c3ccccc32)c([N+](=O)[O-])cc1OCCCC(=O)O. The van der Waals surface area contributed by atoms with Crippen LogP contribution in [-0.2, 0) is 49.3 Å². The number of nitro benzene ring substituents is 1. The van der Waals surface area contributed by atoms with Gasteiger partial charge in [-0.05, 0) is 66.0 Å². The maximum atomic E-state index is 12.7. The molecule has 0 aromatic heterocycles. The molecular formula is C59H82I2N6O16P-. The molecule has 0 saturated carbocycles. The Morgan fingerprint density at radius 2 is 1.30 bits per heavy atom. The molecule has 22 nitrogen and oxygen atoms in total. The van der Waals surface area contributed by atoms with Crippen molar-refractivity contribution >= 4 is 66.7 Å². The summed E-state index contributed by atoms with van der Waals surface area (Å²) >= 11 is 3.18. The van der Waals surface area contributed by atoms with Crippen LogP contribution in [0.15, 0.2) is 91.0 Å². The smallest absolute Gasteiger partial charge is 0.407 e. The van der Waals surface area contributed by atoms with E-state index in [1.165, 1.54) is 25.4 Å². The number of nitrogens with zero attached hydrogens (tertiary/aromatic N) is 1. The van der Waals surface area contributed by atoms with Gasteiger partial charge in [0.15, 0.2) is 11.5 Å². The fourth-order valence-corrected chi connectivity index (χ4v) is 10.4. The van der Waals surface area contributed by atoms with Gasteiger partial charge in [-0.2, -0.15) is 0 Å². The minimum atomic E-state index is -1.12. The Balaban J connectivity index is 0.000000401. The first-order valence-corrected chi connectivity index (χ1v) is 36.9. The number of hydrogen-bond acceptors (Lipinski definition) is 15. The van der Waals surface area contributed by atoms with Crippen LogP contribution in [0.25, 0.3) is 11.1 Å². The van der Waals surface area contributed by atoms with Crippen LogP contribution in [0.2, 0.25) is 0 Å². The first kappa shape index (κ1) is 72.5. The number of carboxylic acid groups (broad SMARTS) is 2. The third-order valence-corrected chi connectivity index (χ3v) is 28.1. The molecule has 0 spiro atoms. The zero-order chi connectivity index (χ0) is 61.8. The molecule has 1 aliphatic rings. The van der Waals surface area contributed by atoms with Crippen molar-refractivity contribution in [1.82, 2.24) is 21.3 Å². The molecule has 4 amide bonds. The van der Waals surface area contributed by atoms with E-state index in [0.29, 0.717) is 89.4 Å². The number of alkyl carbamates (subject to hydrolysis) is 1. The monoisotopic (exact) mass is 1420 g/mol. The molecule has 0 bridgehead atoms. The van der Waals surface area contributed by atoms with Crippen molar-refractivity contribution in [3.05, 3.63) is 123 Å². The minimum absolute atomic E-state index is 0.0266. The van der Waals surface area contributed by atoms with Gasteiger partial charge < -0.3 is 65.6 Å². The molecule has 1 aliphatic carbocycles. The fraction of sp³-hybridized carbons (Fsp3) is 0.492. The molecule has 0 aliphatic heterocycles.